The number of nitrogens with zero attached hydrogens (tertiary/aromatic N) is 2. The molecule has 1 unspecified atom stereocenters. The van der Waals surface area contributed by atoms with Gasteiger partial charge < -0.3 is 10.4 Å². The minimum Gasteiger partial charge on any atom is -0.481 e. The maximum atomic E-state index is 14.4. The Morgan fingerprint density at radius 2 is 1.74 bits per heavy atom. The smallest absolute Gasteiger partial charge is 0.309 e. The summed E-state index contributed by atoms with van der Waals surface area (Å²) in [6.07, 6.45) is 6.71. The van der Waals surface area contributed by atoms with Crippen molar-refractivity contribution in [3.8, 4) is 11.3 Å². The number of likely N-dealkylation sites (tertiary alicyclic amines) is 1. The van der Waals surface area contributed by atoms with Gasteiger partial charge in [0.05, 0.1) is 27.7 Å². The molecule has 3 aliphatic carbocycles. The molecule has 0 radical (unpaired) electrons. The third-order valence-electron chi connectivity index (χ3n) is 9.43. The van der Waals surface area contributed by atoms with E-state index in [4.69, 9.17) is 4.98 Å². The molecule has 1 atom stereocenters. The Morgan fingerprint density at radius 1 is 1.03 bits per heavy atom. The topological polar surface area (TPSA) is 82.5 Å². The molecule has 4 fully saturated rings. The molecule has 2 heterocycles. The van der Waals surface area contributed by atoms with Crippen molar-refractivity contribution < 1.29 is 14.7 Å². The number of aliphatic carboxylic acids is 1. The van der Waals surface area contributed by atoms with E-state index in [1.54, 1.807) is 0 Å². The first-order chi connectivity index (χ1) is 18.3. The van der Waals surface area contributed by atoms with E-state index in [-0.39, 0.29) is 11.9 Å². The van der Waals surface area contributed by atoms with Gasteiger partial charge in [0, 0.05) is 21.5 Å². The van der Waals surface area contributed by atoms with Crippen molar-refractivity contribution in [1.82, 2.24) is 15.2 Å². The largest absolute Gasteiger partial charge is 0.481 e. The average molecular weight is 577 g/mol. The molecular weight excluding hydrogens is 542 g/mol. The van der Waals surface area contributed by atoms with Gasteiger partial charge in [-0.25, -0.2) is 4.98 Å². The molecular formula is C31H34BrN3O3. The number of piperidine rings is 1. The maximum Gasteiger partial charge on any atom is 0.309 e. The van der Waals surface area contributed by atoms with Crippen LogP contribution in [0.15, 0.2) is 53.0 Å². The summed E-state index contributed by atoms with van der Waals surface area (Å²) < 4.78 is 0.902. The second kappa shape index (κ2) is 9.76. The van der Waals surface area contributed by atoms with Gasteiger partial charge in [-0.2, -0.15) is 0 Å². The van der Waals surface area contributed by atoms with Crippen LogP contribution in [-0.2, 0) is 4.79 Å². The molecule has 3 saturated carbocycles. The molecule has 0 spiro atoms. The fourth-order valence-electron chi connectivity index (χ4n) is 7.28. The number of carbonyl (C=O) groups is 2. The van der Waals surface area contributed by atoms with Crippen molar-refractivity contribution in [1.29, 1.82) is 0 Å². The molecule has 1 aliphatic heterocycles. The van der Waals surface area contributed by atoms with E-state index >= 15 is 0 Å². The average Bonchev–Trinajstić information content (AvgIpc) is 2.94. The third-order valence-corrected chi connectivity index (χ3v) is 9.93. The molecule has 2 bridgehead atoms. The Balaban J connectivity index is 1.43. The zero-order chi connectivity index (χ0) is 26.5. The van der Waals surface area contributed by atoms with Gasteiger partial charge >= 0.3 is 5.97 Å². The standard InChI is InChI=1S/C31H34BrN3O3/c1-20-26(23-18-22(32)10-11-24(23)33-27(20)21-8-4-2-5-9-21)28(36)34-31-14-12-30(13-15-31,29(37)38)19-25(31)35-16-6-3-7-17-35/h2,4-5,8-11,18,25H,3,6-7,12-17,19H2,1H3,(H,34,36)(H,37,38). The Hall–Kier alpha value is -2.77. The van der Waals surface area contributed by atoms with Gasteiger partial charge in [0.1, 0.15) is 0 Å². The van der Waals surface area contributed by atoms with Gasteiger partial charge in [0.2, 0.25) is 0 Å². The van der Waals surface area contributed by atoms with Crippen LogP contribution in [0.2, 0.25) is 0 Å². The van der Waals surface area contributed by atoms with E-state index in [1.807, 2.05) is 55.5 Å². The highest BCUT2D eigenvalue weighted by Crippen LogP contribution is 2.54. The van der Waals surface area contributed by atoms with E-state index in [0.29, 0.717) is 37.7 Å². The molecule has 6 nitrogen and oxygen atoms in total. The number of fused-ring (bicyclic) bond motifs is 4. The van der Waals surface area contributed by atoms with Crippen LogP contribution in [0.4, 0.5) is 0 Å². The summed E-state index contributed by atoms with van der Waals surface area (Å²) in [6.45, 7) is 3.93. The first-order valence-corrected chi connectivity index (χ1v) is 14.6. The van der Waals surface area contributed by atoms with E-state index in [0.717, 1.165) is 58.1 Å². The lowest BCUT2D eigenvalue weighted by molar-refractivity contribution is -0.161. The molecule has 1 aromatic heterocycles. The molecule has 1 amide bonds. The number of hydrogen-bond acceptors (Lipinski definition) is 4. The molecule has 4 aliphatic rings. The van der Waals surface area contributed by atoms with Crippen LogP contribution in [0.3, 0.4) is 0 Å². The molecule has 7 heteroatoms. The van der Waals surface area contributed by atoms with Crippen molar-refractivity contribution in [2.75, 3.05) is 13.1 Å². The number of nitrogens with one attached hydrogen (secondary N) is 1. The molecule has 7 rings (SSSR count). The number of aromatic nitrogens is 1. The van der Waals surface area contributed by atoms with Gasteiger partial charge in [0.25, 0.3) is 5.91 Å². The predicted octanol–water partition coefficient (Wildman–Crippen LogP) is 6.34. The molecule has 198 valence electrons. The number of carboxylic acid groups (broad SMARTS) is 1. The third kappa shape index (κ3) is 4.24. The van der Waals surface area contributed by atoms with Crippen molar-refractivity contribution in [2.24, 2.45) is 5.41 Å². The highest BCUT2D eigenvalue weighted by molar-refractivity contribution is 9.10. The van der Waals surface area contributed by atoms with Crippen LogP contribution in [0.5, 0.6) is 0 Å². The Kier molecular flexibility index (Phi) is 6.55. The number of carbonyl (C=O) groups excluding carboxylic acids is 1. The summed E-state index contributed by atoms with van der Waals surface area (Å²) in [7, 11) is 0. The number of hydrogen-bond donors (Lipinski definition) is 2. The minimum atomic E-state index is -0.674. The van der Waals surface area contributed by atoms with Gasteiger partial charge in [-0.05, 0) is 88.7 Å². The van der Waals surface area contributed by atoms with Crippen LogP contribution in [0.25, 0.3) is 22.2 Å². The number of carboxylic acids is 1. The predicted molar refractivity (Wildman–Crippen MR) is 152 cm³/mol. The first kappa shape index (κ1) is 25.5. The number of pyridine rings is 1. The second-order valence-corrected chi connectivity index (χ2v) is 12.4. The lowest BCUT2D eigenvalue weighted by Crippen LogP contribution is -2.70. The normalized spacial score (nSPS) is 27.4. The maximum absolute atomic E-state index is 14.4. The van der Waals surface area contributed by atoms with Crippen molar-refractivity contribution in [2.45, 2.75) is 69.9 Å². The lowest BCUT2D eigenvalue weighted by atomic mass is 9.54. The summed E-state index contributed by atoms with van der Waals surface area (Å²) in [5, 5.41) is 14.6. The molecule has 38 heavy (non-hydrogen) atoms. The Bertz CT molecular complexity index is 1390. The van der Waals surface area contributed by atoms with Crippen molar-refractivity contribution >= 4 is 38.7 Å². The Morgan fingerprint density at radius 3 is 2.42 bits per heavy atom. The van der Waals surface area contributed by atoms with Gasteiger partial charge in [-0.15, -0.1) is 0 Å². The SMILES string of the molecule is Cc1c(-c2ccccc2)nc2ccc(Br)cc2c1C(=O)NC12CCC(C(=O)O)(CC1)CC2N1CCCCC1. The van der Waals surface area contributed by atoms with Crippen LogP contribution >= 0.6 is 15.9 Å². The van der Waals surface area contributed by atoms with Gasteiger partial charge in [-0.1, -0.05) is 52.7 Å². The number of amides is 1. The van der Waals surface area contributed by atoms with E-state index in [1.165, 1.54) is 6.42 Å². The second-order valence-electron chi connectivity index (χ2n) is 11.5. The van der Waals surface area contributed by atoms with Crippen LogP contribution < -0.4 is 5.32 Å². The first-order valence-electron chi connectivity index (χ1n) is 13.8. The fraction of sp³-hybridized carbons (Fsp3) is 0.452. The quantitative estimate of drug-likeness (QED) is 0.370. The molecule has 2 aromatic carbocycles. The van der Waals surface area contributed by atoms with Crippen LogP contribution in [0.1, 0.15) is 67.3 Å². The summed E-state index contributed by atoms with van der Waals surface area (Å²) in [4.78, 5) is 34.2. The summed E-state index contributed by atoms with van der Waals surface area (Å²) in [6, 6.07) is 16.0. The summed E-state index contributed by atoms with van der Waals surface area (Å²) in [5.41, 5.74) is 3.00. The lowest BCUT2D eigenvalue weighted by Gasteiger charge is -2.59. The van der Waals surface area contributed by atoms with E-state index in [9.17, 15) is 14.7 Å². The zero-order valence-electron chi connectivity index (χ0n) is 21.8. The highest BCUT2D eigenvalue weighted by atomic mass is 79.9. The number of benzene rings is 2. The Labute approximate surface area is 232 Å². The van der Waals surface area contributed by atoms with Crippen LogP contribution in [0, 0.1) is 12.3 Å². The number of halogens is 1. The summed E-state index contributed by atoms with van der Waals surface area (Å²) in [5.74, 6) is -0.760. The fourth-order valence-corrected chi connectivity index (χ4v) is 7.65. The van der Waals surface area contributed by atoms with Crippen molar-refractivity contribution in [3.05, 3.63) is 64.1 Å². The molecule has 1 saturated heterocycles. The van der Waals surface area contributed by atoms with Gasteiger partial charge in [-0.3, -0.25) is 14.5 Å². The summed E-state index contributed by atoms with van der Waals surface area (Å²) >= 11 is 3.59. The van der Waals surface area contributed by atoms with Crippen molar-refractivity contribution in [3.63, 3.8) is 0 Å². The zero-order valence-corrected chi connectivity index (χ0v) is 23.4. The van der Waals surface area contributed by atoms with E-state index < -0.39 is 16.9 Å². The molecule has 2 N–H and O–H groups in total. The molecule has 3 aromatic rings. The minimum absolute atomic E-state index is 0.0408. The van der Waals surface area contributed by atoms with Gasteiger partial charge in [0.15, 0.2) is 0 Å². The highest BCUT2D eigenvalue weighted by Gasteiger charge is 2.59. The number of rotatable bonds is 5. The van der Waals surface area contributed by atoms with E-state index in [2.05, 4.69) is 26.1 Å². The van der Waals surface area contributed by atoms with Crippen LogP contribution in [-0.4, -0.2) is 51.5 Å². The monoisotopic (exact) mass is 575 g/mol.